The van der Waals surface area contributed by atoms with Gasteiger partial charge in [-0.05, 0) is 49.1 Å². The van der Waals surface area contributed by atoms with Gasteiger partial charge in [-0.15, -0.1) is 0 Å². The Kier molecular flexibility index (Phi) is 6.24. The number of aromatic amines is 1. The first-order chi connectivity index (χ1) is 16.8. The summed E-state index contributed by atoms with van der Waals surface area (Å²) in [5, 5.41) is 3.15. The summed E-state index contributed by atoms with van der Waals surface area (Å²) >= 11 is 0. The minimum Gasteiger partial charge on any atom is -0.486 e. The van der Waals surface area contributed by atoms with Crippen molar-refractivity contribution in [1.29, 1.82) is 0 Å². The van der Waals surface area contributed by atoms with Gasteiger partial charge in [0.25, 0.3) is 5.91 Å². The zero-order valence-corrected chi connectivity index (χ0v) is 20.1. The molecule has 10 heteroatoms. The zero-order chi connectivity index (χ0) is 24.6. The number of carbonyl (C=O) groups is 1. The van der Waals surface area contributed by atoms with Crippen LogP contribution in [-0.4, -0.2) is 56.0 Å². The maximum absolute atomic E-state index is 13.3. The van der Waals surface area contributed by atoms with E-state index in [0.717, 1.165) is 12.8 Å². The summed E-state index contributed by atoms with van der Waals surface area (Å²) in [5.41, 5.74) is 0.0408. The first-order valence-electron chi connectivity index (χ1n) is 11.6. The van der Waals surface area contributed by atoms with Crippen molar-refractivity contribution in [2.45, 2.75) is 30.8 Å². The normalized spacial score (nSPS) is 20.5. The topological polar surface area (TPSA) is 118 Å². The van der Waals surface area contributed by atoms with Gasteiger partial charge in [-0.3, -0.25) is 9.59 Å². The molecule has 0 spiro atoms. The third kappa shape index (κ3) is 4.76. The van der Waals surface area contributed by atoms with Crippen molar-refractivity contribution >= 4 is 26.8 Å². The summed E-state index contributed by atoms with van der Waals surface area (Å²) in [6.45, 7) is 3.40. The van der Waals surface area contributed by atoms with Gasteiger partial charge in [-0.2, -0.15) is 4.31 Å². The fourth-order valence-corrected chi connectivity index (χ4v) is 6.19. The van der Waals surface area contributed by atoms with E-state index in [1.807, 2.05) is 25.1 Å². The van der Waals surface area contributed by atoms with Crippen LogP contribution >= 0.6 is 0 Å². The number of ether oxygens (including phenoxy) is 2. The zero-order valence-electron chi connectivity index (χ0n) is 19.3. The van der Waals surface area contributed by atoms with Gasteiger partial charge in [0.05, 0.1) is 17.0 Å². The summed E-state index contributed by atoms with van der Waals surface area (Å²) in [6.07, 6.45) is 1.40. The molecule has 2 aromatic carbocycles. The van der Waals surface area contributed by atoms with E-state index in [4.69, 9.17) is 9.47 Å². The molecule has 0 saturated carbocycles. The summed E-state index contributed by atoms with van der Waals surface area (Å²) in [5.74, 6) is 1.04. The number of hydrogen-bond acceptors (Lipinski definition) is 6. The van der Waals surface area contributed by atoms with Crippen molar-refractivity contribution in [2.24, 2.45) is 5.92 Å². The second kappa shape index (κ2) is 9.35. The van der Waals surface area contributed by atoms with Gasteiger partial charge in [0, 0.05) is 30.1 Å². The monoisotopic (exact) mass is 497 g/mol. The Morgan fingerprint density at radius 3 is 2.77 bits per heavy atom. The molecule has 2 atom stereocenters. The summed E-state index contributed by atoms with van der Waals surface area (Å²) in [7, 11) is -3.72. The maximum atomic E-state index is 13.3. The molecule has 184 valence electrons. The molecule has 0 unspecified atom stereocenters. The minimum absolute atomic E-state index is 0.0980. The van der Waals surface area contributed by atoms with E-state index in [0.29, 0.717) is 35.5 Å². The smallest absolute Gasteiger partial charge is 0.252 e. The molecule has 1 fully saturated rings. The third-order valence-corrected chi connectivity index (χ3v) is 8.24. The molecule has 0 radical (unpaired) electrons. The number of amides is 1. The standard InChI is InChI=1S/C25H27N3O6S/c1-16-5-4-10-28(14-16)35(31,32)18-8-9-21-19(11-18)20(12-24(29)27-21)25(30)26-13-17-15-33-22-6-2-3-7-23(22)34-17/h2-3,6-9,11-12,16-17H,4-5,10,13-15H2,1H3,(H,26,30)(H,27,29)/t16-,17-/m0/s1. The molecule has 2 N–H and O–H groups in total. The number of para-hydroxylation sites is 2. The SMILES string of the molecule is C[C@H]1CCCN(S(=O)(=O)c2ccc3[nH]c(=O)cc(C(=O)NC[C@H]4COc5ccccc5O4)c3c2)C1. The number of nitrogens with one attached hydrogen (secondary N) is 2. The number of H-pyrrole nitrogens is 1. The maximum Gasteiger partial charge on any atom is 0.252 e. The van der Waals surface area contributed by atoms with Crippen LogP contribution in [-0.2, 0) is 10.0 Å². The molecule has 3 aromatic rings. The molecular formula is C25H27N3O6S. The highest BCUT2D eigenvalue weighted by Gasteiger charge is 2.29. The Morgan fingerprint density at radius 2 is 1.97 bits per heavy atom. The van der Waals surface area contributed by atoms with Crippen LogP contribution in [0.15, 0.2) is 58.2 Å². The molecule has 35 heavy (non-hydrogen) atoms. The Hall–Kier alpha value is -3.37. The fraction of sp³-hybridized carbons (Fsp3) is 0.360. The number of hydrogen-bond donors (Lipinski definition) is 2. The molecular weight excluding hydrogens is 470 g/mol. The lowest BCUT2D eigenvalue weighted by atomic mass is 10.0. The van der Waals surface area contributed by atoms with Crippen LogP contribution in [0.1, 0.15) is 30.1 Å². The quantitative estimate of drug-likeness (QED) is 0.559. The minimum atomic E-state index is -3.72. The highest BCUT2D eigenvalue weighted by atomic mass is 32.2. The fourth-order valence-electron chi connectivity index (χ4n) is 4.56. The Bertz CT molecular complexity index is 1430. The Labute approximate surface area is 203 Å². The summed E-state index contributed by atoms with van der Waals surface area (Å²) in [4.78, 5) is 28.1. The number of piperidine rings is 1. The van der Waals surface area contributed by atoms with Gasteiger partial charge in [0.2, 0.25) is 15.6 Å². The van der Waals surface area contributed by atoms with Crippen molar-refractivity contribution in [2.75, 3.05) is 26.2 Å². The van der Waals surface area contributed by atoms with E-state index < -0.39 is 27.6 Å². The van der Waals surface area contributed by atoms with Crippen LogP contribution in [0.2, 0.25) is 0 Å². The number of sulfonamides is 1. The van der Waals surface area contributed by atoms with Crippen LogP contribution in [0.3, 0.4) is 0 Å². The number of fused-ring (bicyclic) bond motifs is 2. The highest BCUT2D eigenvalue weighted by Crippen LogP contribution is 2.31. The van der Waals surface area contributed by atoms with E-state index in [-0.39, 0.29) is 29.5 Å². The molecule has 1 saturated heterocycles. The lowest BCUT2D eigenvalue weighted by molar-refractivity contribution is 0.0790. The molecule has 9 nitrogen and oxygen atoms in total. The highest BCUT2D eigenvalue weighted by molar-refractivity contribution is 7.89. The molecule has 2 aliphatic rings. The number of benzene rings is 2. The number of nitrogens with zero attached hydrogens (tertiary/aromatic N) is 1. The van der Waals surface area contributed by atoms with E-state index in [1.165, 1.54) is 28.6 Å². The molecule has 0 aliphatic carbocycles. The average Bonchev–Trinajstić information content (AvgIpc) is 2.86. The van der Waals surface area contributed by atoms with Crippen molar-refractivity contribution in [3.63, 3.8) is 0 Å². The molecule has 5 rings (SSSR count). The van der Waals surface area contributed by atoms with Gasteiger partial charge >= 0.3 is 0 Å². The third-order valence-electron chi connectivity index (χ3n) is 6.37. The second-order valence-corrected chi connectivity index (χ2v) is 11.0. The van der Waals surface area contributed by atoms with Gasteiger partial charge in [-0.25, -0.2) is 8.42 Å². The molecule has 1 aromatic heterocycles. The molecule has 3 heterocycles. The molecule has 1 amide bonds. The van der Waals surface area contributed by atoms with E-state index in [1.54, 1.807) is 6.07 Å². The second-order valence-electron chi connectivity index (χ2n) is 9.07. The predicted molar refractivity (Wildman–Crippen MR) is 130 cm³/mol. The van der Waals surface area contributed by atoms with Crippen LogP contribution in [0.5, 0.6) is 11.5 Å². The average molecular weight is 498 g/mol. The summed E-state index contributed by atoms with van der Waals surface area (Å²) < 4.78 is 39.6. The lowest BCUT2D eigenvalue weighted by Gasteiger charge is -2.30. The van der Waals surface area contributed by atoms with Crippen molar-refractivity contribution in [3.05, 3.63) is 64.4 Å². The van der Waals surface area contributed by atoms with Gasteiger partial charge < -0.3 is 19.8 Å². The molecule has 2 aliphatic heterocycles. The first-order valence-corrected chi connectivity index (χ1v) is 13.1. The predicted octanol–water partition coefficient (Wildman–Crippen LogP) is 2.52. The first kappa shape index (κ1) is 23.4. The number of carbonyl (C=O) groups excluding carboxylic acids is 1. The van der Waals surface area contributed by atoms with E-state index >= 15 is 0 Å². The summed E-state index contributed by atoms with van der Waals surface area (Å²) in [6, 6.07) is 12.9. The van der Waals surface area contributed by atoms with Crippen molar-refractivity contribution in [3.8, 4) is 11.5 Å². The van der Waals surface area contributed by atoms with Crippen LogP contribution in [0, 0.1) is 5.92 Å². The largest absolute Gasteiger partial charge is 0.486 e. The Balaban J connectivity index is 1.39. The van der Waals surface area contributed by atoms with Crippen LogP contribution < -0.4 is 20.3 Å². The van der Waals surface area contributed by atoms with Crippen molar-refractivity contribution in [1.82, 2.24) is 14.6 Å². The van der Waals surface area contributed by atoms with Crippen LogP contribution in [0.25, 0.3) is 10.9 Å². The van der Waals surface area contributed by atoms with Gasteiger partial charge in [0.15, 0.2) is 11.5 Å². The van der Waals surface area contributed by atoms with Gasteiger partial charge in [-0.1, -0.05) is 19.1 Å². The van der Waals surface area contributed by atoms with E-state index in [2.05, 4.69) is 10.3 Å². The van der Waals surface area contributed by atoms with E-state index in [9.17, 15) is 18.0 Å². The number of rotatable bonds is 5. The lowest BCUT2D eigenvalue weighted by Crippen LogP contribution is -2.41. The molecule has 0 bridgehead atoms. The Morgan fingerprint density at radius 1 is 1.17 bits per heavy atom. The van der Waals surface area contributed by atoms with Gasteiger partial charge in [0.1, 0.15) is 12.7 Å². The number of pyridine rings is 1. The number of aromatic nitrogens is 1. The van der Waals surface area contributed by atoms with Crippen LogP contribution in [0.4, 0.5) is 0 Å². The van der Waals surface area contributed by atoms with Crippen molar-refractivity contribution < 1.29 is 22.7 Å².